The summed E-state index contributed by atoms with van der Waals surface area (Å²) in [6, 6.07) is 0. The minimum absolute atomic E-state index is 0. The quantitative estimate of drug-likeness (QED) is 0.401. The van der Waals surface area contributed by atoms with Gasteiger partial charge in [-0.2, -0.15) is 0 Å². The predicted octanol–water partition coefficient (Wildman–Crippen LogP) is 3.52. The fourth-order valence-corrected chi connectivity index (χ4v) is 0.786. The van der Waals surface area contributed by atoms with E-state index in [0.29, 0.717) is 0 Å². The van der Waals surface area contributed by atoms with Gasteiger partial charge in [-0.1, -0.05) is 48.6 Å². The molecule has 0 bridgehead atoms. The van der Waals surface area contributed by atoms with Crippen LogP contribution in [0.15, 0.2) is 48.6 Å². The topological polar surface area (TPSA) is 0 Å². The first-order valence-electron chi connectivity index (χ1n) is 3.63. The van der Waals surface area contributed by atoms with Crippen molar-refractivity contribution >= 4 is 23.1 Å². The molecule has 0 N–H and O–H groups in total. The Kier molecular flexibility index (Phi) is 20.3. The Bertz CT molecular complexity index is 143. The van der Waals surface area contributed by atoms with E-state index in [1.807, 2.05) is 0 Å². The Morgan fingerprint density at radius 3 is 0.846 bits per heavy atom. The van der Waals surface area contributed by atoms with E-state index in [-0.39, 0.29) is 37.9 Å². The zero-order chi connectivity index (χ0) is 7.07. The zero-order valence-electron chi connectivity index (χ0n) is 8.74. The molecule has 0 aromatic carbocycles. The normalized spacial score (nSPS) is 13.5. The van der Waals surface area contributed by atoms with Gasteiger partial charge < -0.3 is 14.9 Å². The van der Waals surface area contributed by atoms with Crippen LogP contribution in [0, 0.1) is 14.9 Å². The van der Waals surface area contributed by atoms with E-state index in [1.165, 1.54) is 0 Å². The second-order valence-electron chi connectivity index (χ2n) is 2.18. The van der Waals surface area contributed by atoms with Crippen molar-refractivity contribution in [1.82, 2.24) is 0 Å². The maximum Gasteiger partial charge on any atom is 2.00 e. The monoisotopic (exact) mass is 186 g/mol. The second kappa shape index (κ2) is 14.3. The number of allylic oxidation sites excluding steroid dienone is 8. The predicted molar refractivity (Wildman–Crippen MR) is 64.4 cm³/mol. The van der Waals surface area contributed by atoms with Crippen LogP contribution in [0.1, 0.15) is 12.8 Å². The van der Waals surface area contributed by atoms with Crippen LogP contribution in [-0.4, -0.2) is 23.1 Å². The minimum atomic E-state index is 0. The van der Waals surface area contributed by atoms with Crippen LogP contribution in [0.25, 0.3) is 0 Å². The van der Waals surface area contributed by atoms with Gasteiger partial charge in [0, 0.05) is 0 Å². The van der Waals surface area contributed by atoms with Gasteiger partial charge in [0.05, 0.1) is 0 Å². The smallest absolute Gasteiger partial charge is 0.358 e. The molecule has 0 amide bonds. The standard InChI is InChI=1S/2C5H6.2CH3.Mg/c2*1-2-4-5-3-1;;;/h2*1-4H,5H2;2*1H3;/q;;2*-1;+2. The van der Waals surface area contributed by atoms with Crippen molar-refractivity contribution in [2.45, 2.75) is 12.8 Å². The molecule has 2 aliphatic rings. The number of rotatable bonds is 0. The zero-order valence-corrected chi connectivity index (χ0v) is 10.2. The van der Waals surface area contributed by atoms with Crippen LogP contribution in [0.2, 0.25) is 0 Å². The molecule has 0 heterocycles. The fraction of sp³-hybridized carbons (Fsp3) is 0.167. The molecular weight excluding hydrogens is 168 g/mol. The summed E-state index contributed by atoms with van der Waals surface area (Å²) in [5.74, 6) is 0. The molecule has 68 valence electrons. The van der Waals surface area contributed by atoms with Crippen molar-refractivity contribution in [3.8, 4) is 0 Å². The molecule has 2 rings (SSSR count). The summed E-state index contributed by atoms with van der Waals surface area (Å²) >= 11 is 0. The summed E-state index contributed by atoms with van der Waals surface area (Å²) in [5.41, 5.74) is 0. The molecule has 0 saturated carbocycles. The van der Waals surface area contributed by atoms with Gasteiger partial charge in [0.15, 0.2) is 0 Å². The van der Waals surface area contributed by atoms with Crippen LogP contribution in [0.4, 0.5) is 0 Å². The van der Waals surface area contributed by atoms with Gasteiger partial charge >= 0.3 is 23.1 Å². The number of hydrogen-bond acceptors (Lipinski definition) is 0. The van der Waals surface area contributed by atoms with Crippen molar-refractivity contribution < 1.29 is 0 Å². The molecule has 0 aromatic rings. The van der Waals surface area contributed by atoms with Crippen molar-refractivity contribution in [2.75, 3.05) is 0 Å². The molecular formula is C12H18Mg. The third-order valence-corrected chi connectivity index (χ3v) is 1.31. The van der Waals surface area contributed by atoms with E-state index in [0.717, 1.165) is 12.8 Å². The molecule has 0 fully saturated rings. The van der Waals surface area contributed by atoms with E-state index >= 15 is 0 Å². The van der Waals surface area contributed by atoms with Gasteiger partial charge in [-0.15, -0.1) is 0 Å². The van der Waals surface area contributed by atoms with Gasteiger partial charge in [-0.05, 0) is 12.8 Å². The SMILES string of the molecule is C1=CCC=C1.C1=CCC=C1.[CH3-].[CH3-].[Mg+2]. The average molecular weight is 187 g/mol. The van der Waals surface area contributed by atoms with Gasteiger partial charge in [-0.25, -0.2) is 0 Å². The second-order valence-corrected chi connectivity index (χ2v) is 2.18. The molecule has 0 spiro atoms. The van der Waals surface area contributed by atoms with E-state index in [9.17, 15) is 0 Å². The van der Waals surface area contributed by atoms with Gasteiger partial charge in [0.25, 0.3) is 0 Å². The summed E-state index contributed by atoms with van der Waals surface area (Å²) in [6.07, 6.45) is 19.0. The average Bonchev–Trinajstić information content (AvgIpc) is 2.67. The first-order chi connectivity index (χ1) is 5.00. The van der Waals surface area contributed by atoms with E-state index in [1.54, 1.807) is 0 Å². The molecule has 0 nitrogen and oxygen atoms in total. The summed E-state index contributed by atoms with van der Waals surface area (Å²) in [5, 5.41) is 0. The molecule has 0 atom stereocenters. The molecule has 0 aliphatic heterocycles. The van der Waals surface area contributed by atoms with Crippen molar-refractivity contribution in [3.63, 3.8) is 0 Å². The Morgan fingerprint density at radius 1 is 0.538 bits per heavy atom. The van der Waals surface area contributed by atoms with Crippen LogP contribution in [0.3, 0.4) is 0 Å². The van der Waals surface area contributed by atoms with Crippen molar-refractivity contribution in [1.29, 1.82) is 0 Å². The maximum atomic E-state index is 2.12. The van der Waals surface area contributed by atoms with Crippen molar-refractivity contribution in [3.05, 3.63) is 63.5 Å². The third kappa shape index (κ3) is 11.7. The van der Waals surface area contributed by atoms with Gasteiger partial charge in [-0.3, -0.25) is 0 Å². The molecule has 0 aromatic heterocycles. The minimum Gasteiger partial charge on any atom is -0.358 e. The molecule has 0 radical (unpaired) electrons. The molecule has 0 unspecified atom stereocenters. The number of hydrogen-bond donors (Lipinski definition) is 0. The molecule has 2 aliphatic carbocycles. The first-order valence-corrected chi connectivity index (χ1v) is 3.63. The van der Waals surface area contributed by atoms with E-state index in [2.05, 4.69) is 48.6 Å². The van der Waals surface area contributed by atoms with Gasteiger partial charge in [0.1, 0.15) is 0 Å². The molecule has 1 heteroatoms. The fourth-order valence-electron chi connectivity index (χ4n) is 0.786. The Labute approximate surface area is 99.3 Å². The van der Waals surface area contributed by atoms with Crippen LogP contribution < -0.4 is 0 Å². The molecule has 0 saturated heterocycles. The third-order valence-electron chi connectivity index (χ3n) is 1.31. The largest absolute Gasteiger partial charge is 2.00 e. The van der Waals surface area contributed by atoms with Crippen LogP contribution in [-0.2, 0) is 0 Å². The summed E-state index contributed by atoms with van der Waals surface area (Å²) < 4.78 is 0. The van der Waals surface area contributed by atoms with Crippen molar-refractivity contribution in [2.24, 2.45) is 0 Å². The molecule has 13 heavy (non-hydrogen) atoms. The van der Waals surface area contributed by atoms with E-state index < -0.39 is 0 Å². The summed E-state index contributed by atoms with van der Waals surface area (Å²) in [4.78, 5) is 0. The Hall–Kier alpha value is -0.274. The Balaban J connectivity index is -0.000000125. The maximum absolute atomic E-state index is 2.12. The van der Waals surface area contributed by atoms with Crippen LogP contribution >= 0.6 is 0 Å². The first kappa shape index (κ1) is 18.5. The Morgan fingerprint density at radius 2 is 0.769 bits per heavy atom. The summed E-state index contributed by atoms with van der Waals surface area (Å²) in [7, 11) is 0. The summed E-state index contributed by atoms with van der Waals surface area (Å²) in [6.45, 7) is 0. The van der Waals surface area contributed by atoms with Crippen LogP contribution in [0.5, 0.6) is 0 Å². The van der Waals surface area contributed by atoms with Gasteiger partial charge in [0.2, 0.25) is 0 Å². The van der Waals surface area contributed by atoms with E-state index in [4.69, 9.17) is 0 Å².